The number of aromatic nitrogens is 3. The van der Waals surface area contributed by atoms with Crippen molar-refractivity contribution in [3.8, 4) is 0 Å². The summed E-state index contributed by atoms with van der Waals surface area (Å²) >= 11 is 0. The van der Waals surface area contributed by atoms with Crippen molar-refractivity contribution in [3.63, 3.8) is 0 Å². The number of hydrogen-bond acceptors (Lipinski definition) is 5. The summed E-state index contributed by atoms with van der Waals surface area (Å²) in [6.45, 7) is 2.00. The van der Waals surface area contributed by atoms with E-state index in [2.05, 4.69) is 20.3 Å². The molecule has 0 aromatic carbocycles. The Morgan fingerprint density at radius 2 is 2.00 bits per heavy atom. The fourth-order valence-corrected chi connectivity index (χ4v) is 3.45. The molecule has 0 bridgehead atoms. The first-order chi connectivity index (χ1) is 10.6. The minimum atomic E-state index is -0.845. The number of carboxylic acids is 1. The molecule has 1 aliphatic heterocycles. The molecule has 3 rings (SSSR count). The molecule has 1 unspecified atom stereocenters. The van der Waals surface area contributed by atoms with E-state index in [4.69, 9.17) is 0 Å². The molecule has 1 atom stereocenters. The second kappa shape index (κ2) is 6.43. The van der Waals surface area contributed by atoms with Gasteiger partial charge in [0.15, 0.2) is 5.69 Å². The second-order valence-electron chi connectivity index (χ2n) is 6.07. The number of carbonyl (C=O) groups excluding carboxylic acids is 1. The predicted molar refractivity (Wildman–Crippen MR) is 77.2 cm³/mol. The number of nitrogens with one attached hydrogen (secondary N) is 1. The zero-order valence-corrected chi connectivity index (χ0v) is 12.4. The molecule has 8 heteroatoms. The first-order valence-corrected chi connectivity index (χ1v) is 7.77. The minimum absolute atomic E-state index is 0.226. The van der Waals surface area contributed by atoms with Gasteiger partial charge in [-0.3, -0.25) is 14.5 Å². The van der Waals surface area contributed by atoms with Gasteiger partial charge in [0.25, 0.3) is 5.91 Å². The minimum Gasteiger partial charge on any atom is -0.481 e. The van der Waals surface area contributed by atoms with E-state index in [-0.39, 0.29) is 18.1 Å². The lowest BCUT2D eigenvalue weighted by atomic mass is 10.1. The largest absolute Gasteiger partial charge is 0.481 e. The third-order valence-electron chi connectivity index (χ3n) is 4.66. The van der Waals surface area contributed by atoms with Crippen LogP contribution in [0.4, 0.5) is 0 Å². The molecular weight excluding hydrogens is 286 g/mol. The summed E-state index contributed by atoms with van der Waals surface area (Å²) in [6.07, 6.45) is 6.05. The number of aromatic amines is 1. The Balaban J connectivity index is 1.73. The molecule has 1 amide bonds. The number of hydrogen-bond donors (Lipinski definition) is 2. The van der Waals surface area contributed by atoms with E-state index in [0.29, 0.717) is 19.1 Å². The van der Waals surface area contributed by atoms with E-state index in [9.17, 15) is 14.7 Å². The smallest absolute Gasteiger partial charge is 0.309 e. The maximum absolute atomic E-state index is 12.4. The molecule has 1 aromatic heterocycles. The number of nitrogens with zero attached hydrogens (tertiary/aromatic N) is 4. The SMILES string of the molecule is O=C(O)C1CN(C(=O)c2cn[nH]n2)CCN(C2CCCC2)C1. The third-order valence-corrected chi connectivity index (χ3v) is 4.66. The molecule has 1 saturated carbocycles. The summed E-state index contributed by atoms with van der Waals surface area (Å²) in [7, 11) is 0. The second-order valence-corrected chi connectivity index (χ2v) is 6.07. The molecule has 2 fully saturated rings. The Bertz CT molecular complexity index is 527. The van der Waals surface area contributed by atoms with E-state index in [0.717, 1.165) is 19.4 Å². The third kappa shape index (κ3) is 3.11. The van der Waals surface area contributed by atoms with Crippen LogP contribution in [-0.2, 0) is 4.79 Å². The lowest BCUT2D eigenvalue weighted by molar-refractivity contribution is -0.142. The van der Waals surface area contributed by atoms with Gasteiger partial charge < -0.3 is 10.0 Å². The Morgan fingerprint density at radius 3 is 2.64 bits per heavy atom. The molecule has 1 aromatic rings. The molecule has 2 aliphatic rings. The molecule has 8 nitrogen and oxygen atoms in total. The summed E-state index contributed by atoms with van der Waals surface area (Å²) in [5.41, 5.74) is 0.235. The van der Waals surface area contributed by atoms with Crippen molar-refractivity contribution >= 4 is 11.9 Å². The highest BCUT2D eigenvalue weighted by Crippen LogP contribution is 2.25. The first-order valence-electron chi connectivity index (χ1n) is 7.77. The highest BCUT2D eigenvalue weighted by atomic mass is 16.4. The van der Waals surface area contributed by atoms with Crippen molar-refractivity contribution in [3.05, 3.63) is 11.9 Å². The molecule has 2 N–H and O–H groups in total. The van der Waals surface area contributed by atoms with E-state index in [1.165, 1.54) is 19.0 Å². The standard InChI is InChI=1S/C14H21N5O3/c20-13(12-7-15-17-16-12)19-6-5-18(11-3-1-2-4-11)8-10(9-19)14(21)22/h7,10-11H,1-6,8-9H2,(H,21,22)(H,15,16,17). The van der Waals surface area contributed by atoms with Gasteiger partial charge in [0, 0.05) is 32.2 Å². The number of carbonyl (C=O) groups is 2. The molecule has 1 saturated heterocycles. The average molecular weight is 307 g/mol. The number of rotatable bonds is 3. The van der Waals surface area contributed by atoms with E-state index < -0.39 is 11.9 Å². The average Bonchev–Trinajstić information content (AvgIpc) is 3.16. The number of H-pyrrole nitrogens is 1. The van der Waals surface area contributed by atoms with Crippen LogP contribution in [0.2, 0.25) is 0 Å². The number of amides is 1. The molecular formula is C14H21N5O3. The quantitative estimate of drug-likeness (QED) is 0.827. The van der Waals surface area contributed by atoms with Crippen LogP contribution >= 0.6 is 0 Å². The van der Waals surface area contributed by atoms with Crippen LogP contribution in [0.1, 0.15) is 36.2 Å². The normalized spacial score (nSPS) is 24.4. The van der Waals surface area contributed by atoms with Gasteiger partial charge in [-0.15, -0.1) is 0 Å². The zero-order chi connectivity index (χ0) is 15.5. The maximum Gasteiger partial charge on any atom is 0.309 e. The van der Waals surface area contributed by atoms with Crippen molar-refractivity contribution in [1.29, 1.82) is 0 Å². The summed E-state index contributed by atoms with van der Waals surface area (Å²) in [4.78, 5) is 27.8. The fraction of sp³-hybridized carbons (Fsp3) is 0.714. The summed E-state index contributed by atoms with van der Waals surface area (Å²) in [5, 5.41) is 19.3. The Kier molecular flexibility index (Phi) is 4.37. The van der Waals surface area contributed by atoms with Crippen LogP contribution in [0, 0.1) is 5.92 Å². The van der Waals surface area contributed by atoms with Gasteiger partial charge in [-0.1, -0.05) is 12.8 Å². The number of carboxylic acid groups (broad SMARTS) is 1. The van der Waals surface area contributed by atoms with Crippen molar-refractivity contribution in [2.24, 2.45) is 5.92 Å². The van der Waals surface area contributed by atoms with Crippen molar-refractivity contribution in [2.75, 3.05) is 26.2 Å². The van der Waals surface area contributed by atoms with Crippen LogP contribution in [-0.4, -0.2) is 74.4 Å². The topological polar surface area (TPSA) is 102 Å². The van der Waals surface area contributed by atoms with Crippen molar-refractivity contribution < 1.29 is 14.7 Å². The molecule has 22 heavy (non-hydrogen) atoms. The molecule has 0 radical (unpaired) electrons. The van der Waals surface area contributed by atoms with Gasteiger partial charge >= 0.3 is 5.97 Å². The lowest BCUT2D eigenvalue weighted by Crippen LogP contribution is -2.39. The monoisotopic (exact) mass is 307 g/mol. The van der Waals surface area contributed by atoms with E-state index in [1.54, 1.807) is 4.90 Å². The molecule has 1 aliphatic carbocycles. The van der Waals surface area contributed by atoms with Gasteiger partial charge in [-0.25, -0.2) is 0 Å². The summed E-state index contributed by atoms with van der Waals surface area (Å²) in [5.74, 6) is -1.66. The maximum atomic E-state index is 12.4. The summed E-state index contributed by atoms with van der Waals surface area (Å²) < 4.78 is 0. The Hall–Kier alpha value is -1.96. The van der Waals surface area contributed by atoms with Gasteiger partial charge in [0.2, 0.25) is 0 Å². The van der Waals surface area contributed by atoms with Crippen LogP contribution < -0.4 is 0 Å². The van der Waals surface area contributed by atoms with Crippen LogP contribution in [0.25, 0.3) is 0 Å². The lowest BCUT2D eigenvalue weighted by Gasteiger charge is -2.28. The van der Waals surface area contributed by atoms with E-state index >= 15 is 0 Å². The first kappa shape index (κ1) is 15.0. The molecule has 0 spiro atoms. The van der Waals surface area contributed by atoms with Crippen LogP contribution in [0.5, 0.6) is 0 Å². The Morgan fingerprint density at radius 1 is 1.23 bits per heavy atom. The fourth-order valence-electron chi connectivity index (χ4n) is 3.45. The zero-order valence-electron chi connectivity index (χ0n) is 12.4. The van der Waals surface area contributed by atoms with E-state index in [1.807, 2.05) is 0 Å². The Labute approximate surface area is 128 Å². The summed E-state index contributed by atoms with van der Waals surface area (Å²) in [6, 6.07) is 0.462. The number of aliphatic carboxylic acids is 1. The molecule has 2 heterocycles. The van der Waals surface area contributed by atoms with Crippen molar-refractivity contribution in [2.45, 2.75) is 31.7 Å². The highest BCUT2D eigenvalue weighted by molar-refractivity contribution is 5.92. The van der Waals surface area contributed by atoms with Crippen LogP contribution in [0.15, 0.2) is 6.20 Å². The highest BCUT2D eigenvalue weighted by Gasteiger charge is 2.34. The molecule has 120 valence electrons. The van der Waals surface area contributed by atoms with Gasteiger partial charge in [-0.05, 0) is 12.8 Å². The van der Waals surface area contributed by atoms with Gasteiger partial charge in [0.05, 0.1) is 12.1 Å². The van der Waals surface area contributed by atoms with Crippen LogP contribution in [0.3, 0.4) is 0 Å². The van der Waals surface area contributed by atoms with Gasteiger partial charge in [-0.2, -0.15) is 15.4 Å². The predicted octanol–water partition coefficient (Wildman–Crippen LogP) is 0.206. The van der Waals surface area contributed by atoms with Gasteiger partial charge in [0.1, 0.15) is 0 Å². The van der Waals surface area contributed by atoms with Crippen molar-refractivity contribution in [1.82, 2.24) is 25.2 Å².